The maximum atomic E-state index is 4.87. The predicted molar refractivity (Wildman–Crippen MR) is 97.1 cm³/mol. The lowest BCUT2D eigenvalue weighted by atomic mass is 10.3. The minimum Gasteiger partial charge on any atom is -0.325 e. The molecule has 0 aliphatic rings. The molecule has 5 nitrogen and oxygen atoms in total. The van der Waals surface area contributed by atoms with Crippen LogP contribution in [-0.4, -0.2) is 44.6 Å². The number of rotatable bonds is 5. The Bertz CT molecular complexity index is 980. The Morgan fingerprint density at radius 1 is 0.917 bits per heavy atom. The monoisotopic (exact) mass is 319 g/mol. The summed E-state index contributed by atoms with van der Waals surface area (Å²) in [5.41, 5.74) is 4.41. The minimum absolute atomic E-state index is 0.725. The van der Waals surface area contributed by atoms with E-state index in [1.807, 2.05) is 24.5 Å². The first-order valence-electron chi connectivity index (χ1n) is 8.21. The van der Waals surface area contributed by atoms with Crippen LogP contribution in [0.4, 0.5) is 0 Å². The van der Waals surface area contributed by atoms with Crippen molar-refractivity contribution in [2.45, 2.75) is 13.1 Å². The van der Waals surface area contributed by atoms with Gasteiger partial charge >= 0.3 is 0 Å². The van der Waals surface area contributed by atoms with Crippen molar-refractivity contribution in [2.24, 2.45) is 0 Å². The van der Waals surface area contributed by atoms with Gasteiger partial charge in [-0.05, 0) is 38.4 Å². The van der Waals surface area contributed by atoms with E-state index in [0.717, 1.165) is 42.0 Å². The van der Waals surface area contributed by atoms with Gasteiger partial charge in [-0.25, -0.2) is 9.97 Å². The molecule has 0 spiro atoms. The van der Waals surface area contributed by atoms with Gasteiger partial charge in [0.05, 0.1) is 34.9 Å². The lowest BCUT2D eigenvalue weighted by Crippen LogP contribution is -2.20. The van der Waals surface area contributed by atoms with E-state index in [0.29, 0.717) is 0 Å². The van der Waals surface area contributed by atoms with E-state index in [4.69, 9.17) is 4.98 Å². The van der Waals surface area contributed by atoms with Crippen LogP contribution in [0.5, 0.6) is 0 Å². The summed E-state index contributed by atoms with van der Waals surface area (Å²) in [6.07, 6.45) is 1.90. The Morgan fingerprint density at radius 3 is 2.42 bits per heavy atom. The standard InChI is InChI=1S/C19H21N5/c1-22(2)11-12-24-18-10-6-4-8-16(18)21-19(24)13-23-14-20-15-7-3-5-9-17(15)23/h3-10,14H,11-13H2,1-2H3. The van der Waals surface area contributed by atoms with Gasteiger partial charge in [-0.15, -0.1) is 0 Å². The van der Waals surface area contributed by atoms with Crippen LogP contribution in [0.15, 0.2) is 54.9 Å². The number of hydrogen-bond donors (Lipinski definition) is 0. The first kappa shape index (κ1) is 14.9. The molecule has 2 aromatic carbocycles. The van der Waals surface area contributed by atoms with Crippen molar-refractivity contribution in [3.05, 3.63) is 60.7 Å². The number of fused-ring (bicyclic) bond motifs is 2. The predicted octanol–water partition coefficient (Wildman–Crippen LogP) is 3.00. The van der Waals surface area contributed by atoms with Crippen LogP contribution in [0, 0.1) is 0 Å². The Balaban J connectivity index is 1.76. The van der Waals surface area contributed by atoms with Crippen LogP contribution in [-0.2, 0) is 13.1 Å². The number of nitrogens with zero attached hydrogens (tertiary/aromatic N) is 5. The van der Waals surface area contributed by atoms with Gasteiger partial charge < -0.3 is 14.0 Å². The maximum Gasteiger partial charge on any atom is 0.130 e. The van der Waals surface area contributed by atoms with E-state index in [9.17, 15) is 0 Å². The Labute approximate surface area is 141 Å². The molecule has 0 unspecified atom stereocenters. The fourth-order valence-electron chi connectivity index (χ4n) is 3.08. The molecule has 0 amide bonds. The van der Waals surface area contributed by atoms with Crippen LogP contribution in [0.3, 0.4) is 0 Å². The molecule has 0 aliphatic heterocycles. The molecule has 0 fully saturated rings. The van der Waals surface area contributed by atoms with Crippen molar-refractivity contribution in [1.29, 1.82) is 0 Å². The number of benzene rings is 2. The van der Waals surface area contributed by atoms with Crippen LogP contribution in [0.2, 0.25) is 0 Å². The summed E-state index contributed by atoms with van der Waals surface area (Å²) in [6.45, 7) is 2.64. The quantitative estimate of drug-likeness (QED) is 0.568. The number of imidazole rings is 2. The Morgan fingerprint density at radius 2 is 1.62 bits per heavy atom. The molecule has 0 bridgehead atoms. The summed E-state index contributed by atoms with van der Waals surface area (Å²) < 4.78 is 4.49. The molecule has 2 heterocycles. The Hall–Kier alpha value is -2.66. The molecule has 0 aliphatic carbocycles. The largest absolute Gasteiger partial charge is 0.325 e. The summed E-state index contributed by atoms with van der Waals surface area (Å²) in [4.78, 5) is 11.6. The van der Waals surface area contributed by atoms with Crippen molar-refractivity contribution in [3.63, 3.8) is 0 Å². The van der Waals surface area contributed by atoms with Crippen molar-refractivity contribution >= 4 is 22.1 Å². The summed E-state index contributed by atoms with van der Waals surface area (Å²) >= 11 is 0. The zero-order chi connectivity index (χ0) is 16.5. The van der Waals surface area contributed by atoms with Gasteiger partial charge in [0.25, 0.3) is 0 Å². The van der Waals surface area contributed by atoms with Crippen molar-refractivity contribution in [2.75, 3.05) is 20.6 Å². The third-order valence-electron chi connectivity index (χ3n) is 4.34. The van der Waals surface area contributed by atoms with Crippen molar-refractivity contribution in [3.8, 4) is 0 Å². The number of likely N-dealkylation sites (N-methyl/N-ethyl adjacent to an activating group) is 1. The summed E-state index contributed by atoms with van der Waals surface area (Å²) in [5, 5.41) is 0. The smallest absolute Gasteiger partial charge is 0.130 e. The summed E-state index contributed by atoms with van der Waals surface area (Å²) in [6, 6.07) is 16.6. The van der Waals surface area contributed by atoms with E-state index < -0.39 is 0 Å². The van der Waals surface area contributed by atoms with E-state index in [1.54, 1.807) is 0 Å². The number of aromatic nitrogens is 4. The number of para-hydroxylation sites is 4. The highest BCUT2D eigenvalue weighted by molar-refractivity contribution is 5.77. The SMILES string of the molecule is CN(C)CCn1c(Cn2cnc3ccccc32)nc2ccccc21. The molecule has 0 atom stereocenters. The van der Waals surface area contributed by atoms with Crippen LogP contribution < -0.4 is 0 Å². The average Bonchev–Trinajstić information content (AvgIpc) is 3.15. The third-order valence-corrected chi connectivity index (χ3v) is 4.34. The van der Waals surface area contributed by atoms with Gasteiger partial charge in [0.1, 0.15) is 5.82 Å². The second kappa shape index (κ2) is 6.09. The topological polar surface area (TPSA) is 38.9 Å². The fourth-order valence-corrected chi connectivity index (χ4v) is 3.08. The van der Waals surface area contributed by atoms with E-state index in [2.05, 4.69) is 63.4 Å². The molecule has 5 heteroatoms. The van der Waals surface area contributed by atoms with Gasteiger partial charge in [0.15, 0.2) is 0 Å². The highest BCUT2D eigenvalue weighted by Gasteiger charge is 2.12. The van der Waals surface area contributed by atoms with Crippen LogP contribution >= 0.6 is 0 Å². The third kappa shape index (κ3) is 2.67. The molecule has 122 valence electrons. The highest BCUT2D eigenvalue weighted by Crippen LogP contribution is 2.19. The lowest BCUT2D eigenvalue weighted by Gasteiger charge is -2.14. The fraction of sp³-hybridized carbons (Fsp3) is 0.263. The molecule has 4 aromatic rings. The minimum atomic E-state index is 0.725. The van der Waals surface area contributed by atoms with Crippen molar-refractivity contribution < 1.29 is 0 Å². The molecular formula is C19H21N5. The van der Waals surface area contributed by atoms with Crippen molar-refractivity contribution in [1.82, 2.24) is 24.0 Å². The van der Waals surface area contributed by atoms with E-state index in [-0.39, 0.29) is 0 Å². The zero-order valence-corrected chi connectivity index (χ0v) is 14.1. The van der Waals surface area contributed by atoms with E-state index in [1.165, 1.54) is 5.52 Å². The average molecular weight is 319 g/mol. The van der Waals surface area contributed by atoms with Crippen LogP contribution in [0.25, 0.3) is 22.1 Å². The molecule has 2 aromatic heterocycles. The van der Waals surface area contributed by atoms with Gasteiger partial charge in [-0.1, -0.05) is 24.3 Å². The molecule has 4 rings (SSSR count). The molecule has 24 heavy (non-hydrogen) atoms. The van der Waals surface area contributed by atoms with Gasteiger partial charge in [0, 0.05) is 13.1 Å². The first-order valence-corrected chi connectivity index (χ1v) is 8.21. The maximum absolute atomic E-state index is 4.87. The molecule has 0 saturated carbocycles. The second-order valence-electron chi connectivity index (χ2n) is 6.33. The normalized spacial score (nSPS) is 11.8. The molecule has 0 saturated heterocycles. The lowest BCUT2D eigenvalue weighted by molar-refractivity contribution is 0.382. The summed E-state index contributed by atoms with van der Waals surface area (Å²) in [5.74, 6) is 1.07. The molecule has 0 N–H and O–H groups in total. The van der Waals surface area contributed by atoms with Gasteiger partial charge in [-0.3, -0.25) is 0 Å². The molecular weight excluding hydrogens is 298 g/mol. The van der Waals surface area contributed by atoms with Crippen LogP contribution in [0.1, 0.15) is 5.82 Å². The highest BCUT2D eigenvalue weighted by atomic mass is 15.2. The number of hydrogen-bond acceptors (Lipinski definition) is 3. The molecule has 0 radical (unpaired) electrons. The first-order chi connectivity index (χ1) is 11.7. The zero-order valence-electron chi connectivity index (χ0n) is 14.1. The Kier molecular flexibility index (Phi) is 3.78. The summed E-state index contributed by atoms with van der Waals surface area (Å²) in [7, 11) is 4.20. The van der Waals surface area contributed by atoms with Gasteiger partial charge in [0.2, 0.25) is 0 Å². The van der Waals surface area contributed by atoms with Gasteiger partial charge in [-0.2, -0.15) is 0 Å². The second-order valence-corrected chi connectivity index (χ2v) is 6.33. The van der Waals surface area contributed by atoms with E-state index >= 15 is 0 Å².